The highest BCUT2D eigenvalue weighted by Gasteiger charge is 2.22. The molecule has 0 radical (unpaired) electrons. The third kappa shape index (κ3) is 4.35. The van der Waals surface area contributed by atoms with Crippen LogP contribution in [0, 0.1) is 13.8 Å². The van der Waals surface area contributed by atoms with Gasteiger partial charge in [0.1, 0.15) is 0 Å². The van der Waals surface area contributed by atoms with Gasteiger partial charge >= 0.3 is 0 Å². The number of halogens is 2. The highest BCUT2D eigenvalue weighted by atomic mass is 35.5. The minimum absolute atomic E-state index is 0.118. The van der Waals surface area contributed by atoms with Gasteiger partial charge in [-0.05, 0) is 54.8 Å². The number of benzene rings is 2. The molecule has 0 aliphatic carbocycles. The van der Waals surface area contributed by atoms with E-state index in [-0.39, 0.29) is 5.91 Å². The van der Waals surface area contributed by atoms with E-state index in [1.54, 1.807) is 6.07 Å². The van der Waals surface area contributed by atoms with Crippen LogP contribution in [0.25, 0.3) is 0 Å². The fourth-order valence-corrected chi connectivity index (χ4v) is 3.53. The molecule has 1 aliphatic rings. The summed E-state index contributed by atoms with van der Waals surface area (Å²) in [6, 6.07) is 11.5. The fraction of sp³-hybridized carbons (Fsp3) is 0.350. The highest BCUT2D eigenvalue weighted by molar-refractivity contribution is 6.35. The number of carbonyl (C=O) groups is 1. The Balaban J connectivity index is 1.59. The summed E-state index contributed by atoms with van der Waals surface area (Å²) >= 11 is 12.2. The van der Waals surface area contributed by atoms with Crippen molar-refractivity contribution >= 4 is 29.1 Å². The first-order valence-electron chi connectivity index (χ1n) is 8.47. The molecule has 3 nitrogen and oxygen atoms in total. The van der Waals surface area contributed by atoms with Gasteiger partial charge in [0.2, 0.25) is 0 Å². The minimum Gasteiger partial charge on any atom is -0.336 e. The van der Waals surface area contributed by atoms with Gasteiger partial charge in [0.25, 0.3) is 5.91 Å². The smallest absolute Gasteiger partial charge is 0.253 e. The monoisotopic (exact) mass is 376 g/mol. The van der Waals surface area contributed by atoms with Crippen LogP contribution in [0.5, 0.6) is 0 Å². The first-order valence-corrected chi connectivity index (χ1v) is 9.22. The van der Waals surface area contributed by atoms with Crippen LogP contribution in [0.15, 0.2) is 36.4 Å². The van der Waals surface area contributed by atoms with Gasteiger partial charge in [-0.2, -0.15) is 0 Å². The summed E-state index contributed by atoms with van der Waals surface area (Å²) in [5.74, 6) is 0.118. The van der Waals surface area contributed by atoms with E-state index in [4.69, 9.17) is 23.2 Å². The molecule has 1 aliphatic heterocycles. The Labute approximate surface area is 159 Å². The Morgan fingerprint density at radius 2 is 1.68 bits per heavy atom. The van der Waals surface area contributed by atoms with Crippen molar-refractivity contribution in [2.75, 3.05) is 26.2 Å². The number of amides is 1. The Kier molecular flexibility index (Phi) is 5.67. The van der Waals surface area contributed by atoms with E-state index >= 15 is 0 Å². The molecule has 1 heterocycles. The average molecular weight is 377 g/mol. The Morgan fingerprint density at radius 1 is 0.960 bits per heavy atom. The molecular weight excluding hydrogens is 355 g/mol. The lowest BCUT2D eigenvalue weighted by molar-refractivity contribution is 0.0628. The van der Waals surface area contributed by atoms with Crippen molar-refractivity contribution in [1.29, 1.82) is 0 Å². The first kappa shape index (κ1) is 18.2. The van der Waals surface area contributed by atoms with Gasteiger partial charge in [-0.25, -0.2) is 0 Å². The fourth-order valence-electron chi connectivity index (χ4n) is 3.06. The van der Waals surface area contributed by atoms with Crippen LogP contribution in [-0.2, 0) is 6.54 Å². The molecule has 132 valence electrons. The SMILES string of the molecule is Cc1ccc(C(=O)N2CCN(Cc3ccc(Cl)cc3Cl)CC2)cc1C. The maximum atomic E-state index is 12.7. The molecule has 0 spiro atoms. The maximum Gasteiger partial charge on any atom is 0.253 e. The van der Waals surface area contributed by atoms with Gasteiger partial charge in [-0.1, -0.05) is 35.3 Å². The Morgan fingerprint density at radius 3 is 2.32 bits per heavy atom. The quantitative estimate of drug-likeness (QED) is 0.783. The van der Waals surface area contributed by atoms with Crippen LogP contribution in [-0.4, -0.2) is 41.9 Å². The van der Waals surface area contributed by atoms with E-state index in [9.17, 15) is 4.79 Å². The van der Waals surface area contributed by atoms with Crippen LogP contribution in [0.1, 0.15) is 27.0 Å². The second-order valence-electron chi connectivity index (χ2n) is 6.60. The van der Waals surface area contributed by atoms with Crippen molar-refractivity contribution < 1.29 is 4.79 Å². The lowest BCUT2D eigenvalue weighted by atomic mass is 10.1. The van der Waals surface area contributed by atoms with Gasteiger partial charge in [0.15, 0.2) is 0 Å². The van der Waals surface area contributed by atoms with Gasteiger partial charge in [-0.3, -0.25) is 9.69 Å². The Bertz CT molecular complexity index is 783. The van der Waals surface area contributed by atoms with Crippen molar-refractivity contribution in [3.8, 4) is 0 Å². The van der Waals surface area contributed by atoms with Gasteiger partial charge in [0.05, 0.1) is 0 Å². The highest BCUT2D eigenvalue weighted by Crippen LogP contribution is 2.23. The number of nitrogens with zero attached hydrogens (tertiary/aromatic N) is 2. The van der Waals surface area contributed by atoms with E-state index < -0.39 is 0 Å². The Hall–Kier alpha value is -1.55. The van der Waals surface area contributed by atoms with E-state index in [0.29, 0.717) is 10.0 Å². The number of carbonyl (C=O) groups excluding carboxylic acids is 1. The van der Waals surface area contributed by atoms with E-state index in [2.05, 4.69) is 11.8 Å². The molecule has 1 fully saturated rings. The molecule has 2 aromatic carbocycles. The first-order chi connectivity index (χ1) is 11.9. The standard InChI is InChI=1S/C20H22Cl2N2O/c1-14-3-4-16(11-15(14)2)20(25)24-9-7-23(8-10-24)13-17-5-6-18(21)12-19(17)22/h3-6,11-12H,7-10,13H2,1-2H3. The summed E-state index contributed by atoms with van der Waals surface area (Å²) in [5, 5.41) is 1.35. The molecule has 0 bridgehead atoms. The van der Waals surface area contributed by atoms with Crippen LogP contribution < -0.4 is 0 Å². The zero-order valence-electron chi connectivity index (χ0n) is 14.6. The summed E-state index contributed by atoms with van der Waals surface area (Å²) < 4.78 is 0. The van der Waals surface area contributed by atoms with Crippen LogP contribution >= 0.6 is 23.2 Å². The third-order valence-corrected chi connectivity index (χ3v) is 5.41. The second kappa shape index (κ2) is 7.77. The summed E-state index contributed by atoms with van der Waals surface area (Å²) in [6.45, 7) is 8.03. The number of aryl methyl sites for hydroxylation is 2. The molecule has 1 saturated heterocycles. The molecule has 0 N–H and O–H groups in total. The molecule has 0 unspecified atom stereocenters. The molecular formula is C20H22Cl2N2O. The topological polar surface area (TPSA) is 23.6 Å². The minimum atomic E-state index is 0.118. The third-order valence-electron chi connectivity index (χ3n) is 4.82. The zero-order chi connectivity index (χ0) is 18.0. The number of hydrogen-bond donors (Lipinski definition) is 0. The van der Waals surface area contributed by atoms with Crippen molar-refractivity contribution in [3.05, 3.63) is 68.7 Å². The maximum absolute atomic E-state index is 12.7. The van der Waals surface area contributed by atoms with Crippen LogP contribution in [0.3, 0.4) is 0 Å². The van der Waals surface area contributed by atoms with Crippen molar-refractivity contribution in [2.24, 2.45) is 0 Å². The predicted molar refractivity (Wildman–Crippen MR) is 104 cm³/mol. The molecule has 5 heteroatoms. The molecule has 25 heavy (non-hydrogen) atoms. The summed E-state index contributed by atoms with van der Waals surface area (Å²) in [7, 11) is 0. The molecule has 0 aromatic heterocycles. The number of rotatable bonds is 3. The largest absolute Gasteiger partial charge is 0.336 e. The van der Waals surface area contributed by atoms with Gasteiger partial charge in [-0.15, -0.1) is 0 Å². The molecule has 0 saturated carbocycles. The van der Waals surface area contributed by atoms with E-state index in [1.165, 1.54) is 5.56 Å². The summed E-state index contributed by atoms with van der Waals surface area (Å²) in [6.07, 6.45) is 0. The molecule has 1 amide bonds. The van der Waals surface area contributed by atoms with Gasteiger partial charge in [0, 0.05) is 48.3 Å². The van der Waals surface area contributed by atoms with Crippen LogP contribution in [0.2, 0.25) is 10.0 Å². The second-order valence-corrected chi connectivity index (χ2v) is 7.45. The molecule has 3 rings (SSSR count). The number of hydrogen-bond acceptors (Lipinski definition) is 2. The predicted octanol–water partition coefficient (Wildman–Crippen LogP) is 4.57. The molecule has 0 atom stereocenters. The lowest BCUT2D eigenvalue weighted by Gasteiger charge is -2.35. The average Bonchev–Trinajstić information content (AvgIpc) is 2.60. The zero-order valence-corrected chi connectivity index (χ0v) is 16.1. The number of piperazine rings is 1. The van der Waals surface area contributed by atoms with Crippen molar-refractivity contribution in [3.63, 3.8) is 0 Å². The normalized spacial score (nSPS) is 15.4. The van der Waals surface area contributed by atoms with Crippen molar-refractivity contribution in [1.82, 2.24) is 9.80 Å². The summed E-state index contributed by atoms with van der Waals surface area (Å²) in [4.78, 5) is 16.9. The lowest BCUT2D eigenvalue weighted by Crippen LogP contribution is -2.48. The van der Waals surface area contributed by atoms with Crippen molar-refractivity contribution in [2.45, 2.75) is 20.4 Å². The van der Waals surface area contributed by atoms with E-state index in [1.807, 2.05) is 42.2 Å². The molecule has 2 aromatic rings. The van der Waals surface area contributed by atoms with Gasteiger partial charge < -0.3 is 4.90 Å². The van der Waals surface area contributed by atoms with E-state index in [0.717, 1.165) is 49.4 Å². The van der Waals surface area contributed by atoms with Crippen LogP contribution in [0.4, 0.5) is 0 Å². The summed E-state index contributed by atoms with van der Waals surface area (Å²) in [5.41, 5.74) is 4.21.